The molecule has 5 aromatic rings. The highest BCUT2D eigenvalue weighted by Crippen LogP contribution is 2.45. The third-order valence-electron chi connectivity index (χ3n) is 5.25. The fraction of sp³-hybridized carbons (Fsp3) is 0.0667. The first-order valence-corrected chi connectivity index (χ1v) is 10.9. The third-order valence-corrected chi connectivity index (χ3v) is 5.25. The zero-order chi connectivity index (χ0) is 21.5. The molecule has 0 amide bonds. The summed E-state index contributed by atoms with van der Waals surface area (Å²) in [7, 11) is 0. The molecule has 0 aliphatic heterocycles. The maximum atomic E-state index is 3.78. The predicted molar refractivity (Wildman–Crippen MR) is 134 cm³/mol. The Morgan fingerprint density at radius 1 is 0.355 bits per heavy atom. The summed E-state index contributed by atoms with van der Waals surface area (Å²) in [6.45, 7) is 4.00. The molecule has 0 fully saturated rings. The van der Waals surface area contributed by atoms with Crippen molar-refractivity contribution in [2.45, 2.75) is 13.8 Å². The number of benzene rings is 4. The van der Waals surface area contributed by atoms with E-state index in [1.165, 1.54) is 33.4 Å². The van der Waals surface area contributed by atoms with E-state index < -0.39 is 0 Å². The summed E-state index contributed by atoms with van der Waals surface area (Å²) >= 11 is 0. The highest BCUT2D eigenvalue weighted by molar-refractivity contribution is 6.01. The van der Waals surface area contributed by atoms with Crippen molar-refractivity contribution >= 4 is 0 Å². The quantitative estimate of drug-likeness (QED) is 0.310. The molecule has 0 aliphatic carbocycles. The molecule has 4 aromatic carbocycles. The van der Waals surface area contributed by atoms with Crippen molar-refractivity contribution in [2.75, 3.05) is 0 Å². The second-order valence-electron chi connectivity index (χ2n) is 7.09. The molecule has 0 radical (unpaired) electrons. The fourth-order valence-electron chi connectivity index (χ4n) is 3.93. The first-order chi connectivity index (χ1) is 15.4. The van der Waals surface area contributed by atoms with E-state index in [9.17, 15) is 0 Å². The van der Waals surface area contributed by atoms with E-state index in [-0.39, 0.29) is 0 Å². The van der Waals surface area contributed by atoms with E-state index in [0.717, 1.165) is 11.4 Å². The van der Waals surface area contributed by atoms with E-state index in [0.29, 0.717) is 0 Å². The number of aromatic amines is 1. The van der Waals surface area contributed by atoms with Gasteiger partial charge < -0.3 is 4.98 Å². The zero-order valence-electron chi connectivity index (χ0n) is 18.0. The van der Waals surface area contributed by atoms with Crippen molar-refractivity contribution in [3.63, 3.8) is 0 Å². The molecule has 0 spiro atoms. The largest absolute Gasteiger partial charge is 0.353 e. The summed E-state index contributed by atoms with van der Waals surface area (Å²) in [6.07, 6.45) is 0. The van der Waals surface area contributed by atoms with Gasteiger partial charge in [-0.2, -0.15) is 0 Å². The molecule has 0 unspecified atom stereocenters. The second-order valence-corrected chi connectivity index (χ2v) is 7.09. The average molecular weight is 402 g/mol. The third kappa shape index (κ3) is 4.22. The summed E-state index contributed by atoms with van der Waals surface area (Å²) in [4.78, 5) is 3.78. The number of hydrogen-bond donors (Lipinski definition) is 1. The number of aromatic nitrogens is 1. The number of rotatable bonds is 4. The van der Waals surface area contributed by atoms with E-state index in [1.807, 2.05) is 13.8 Å². The van der Waals surface area contributed by atoms with E-state index in [2.05, 4.69) is 126 Å². The minimum absolute atomic E-state index is 1.15. The van der Waals surface area contributed by atoms with Gasteiger partial charge in [-0.15, -0.1) is 0 Å². The van der Waals surface area contributed by atoms with Crippen molar-refractivity contribution in [1.29, 1.82) is 0 Å². The van der Waals surface area contributed by atoms with Crippen LogP contribution in [0.3, 0.4) is 0 Å². The van der Waals surface area contributed by atoms with Gasteiger partial charge in [0.2, 0.25) is 0 Å². The van der Waals surface area contributed by atoms with Crippen LogP contribution in [0.4, 0.5) is 0 Å². The lowest BCUT2D eigenvalue weighted by atomic mass is 9.91. The van der Waals surface area contributed by atoms with Crippen LogP contribution in [0.25, 0.3) is 44.8 Å². The van der Waals surface area contributed by atoms with Gasteiger partial charge in [-0.3, -0.25) is 0 Å². The number of nitrogens with one attached hydrogen (secondary N) is 1. The van der Waals surface area contributed by atoms with Crippen LogP contribution in [0.1, 0.15) is 13.8 Å². The molecule has 0 saturated carbocycles. The van der Waals surface area contributed by atoms with Crippen molar-refractivity contribution < 1.29 is 0 Å². The smallest absolute Gasteiger partial charge is 0.0544 e. The van der Waals surface area contributed by atoms with Gasteiger partial charge in [0, 0.05) is 11.1 Å². The SMILES string of the molecule is CC.c1ccc(-c2[nH]c(-c3ccccc3)c(-c3ccccc3)c2-c2ccccc2)cc1. The maximum Gasteiger partial charge on any atom is 0.0544 e. The van der Waals surface area contributed by atoms with Gasteiger partial charge in [-0.1, -0.05) is 135 Å². The molecule has 0 atom stereocenters. The summed E-state index contributed by atoms with van der Waals surface area (Å²) in [5.41, 5.74) is 9.57. The minimum Gasteiger partial charge on any atom is -0.353 e. The molecule has 1 heterocycles. The Morgan fingerprint density at radius 2 is 0.613 bits per heavy atom. The molecule has 0 saturated heterocycles. The van der Waals surface area contributed by atoms with Crippen LogP contribution in [-0.2, 0) is 0 Å². The van der Waals surface area contributed by atoms with Crippen LogP contribution in [0.15, 0.2) is 121 Å². The van der Waals surface area contributed by atoms with Crippen LogP contribution in [0.2, 0.25) is 0 Å². The highest BCUT2D eigenvalue weighted by Gasteiger charge is 2.22. The van der Waals surface area contributed by atoms with Gasteiger partial charge >= 0.3 is 0 Å². The lowest BCUT2D eigenvalue weighted by molar-refractivity contribution is 1.39. The van der Waals surface area contributed by atoms with E-state index in [1.54, 1.807) is 0 Å². The van der Waals surface area contributed by atoms with Crippen LogP contribution >= 0.6 is 0 Å². The normalized spacial score (nSPS) is 10.3. The lowest BCUT2D eigenvalue weighted by Gasteiger charge is -2.10. The maximum absolute atomic E-state index is 3.78. The zero-order valence-corrected chi connectivity index (χ0v) is 18.0. The van der Waals surface area contributed by atoms with Crippen LogP contribution in [0, 0.1) is 0 Å². The molecule has 5 rings (SSSR count). The van der Waals surface area contributed by atoms with Gasteiger partial charge in [-0.25, -0.2) is 0 Å². The Hall–Kier alpha value is -3.84. The number of hydrogen-bond acceptors (Lipinski definition) is 0. The molecule has 0 aliphatic rings. The summed E-state index contributed by atoms with van der Waals surface area (Å²) in [5.74, 6) is 0. The van der Waals surface area contributed by atoms with Gasteiger partial charge in [-0.05, 0) is 22.3 Å². The van der Waals surface area contributed by atoms with Gasteiger partial charge in [0.1, 0.15) is 0 Å². The van der Waals surface area contributed by atoms with Crippen molar-refractivity contribution in [1.82, 2.24) is 4.98 Å². The molecular weight excluding hydrogens is 374 g/mol. The van der Waals surface area contributed by atoms with Gasteiger partial charge in [0.15, 0.2) is 0 Å². The molecular formula is C30H27N. The van der Waals surface area contributed by atoms with Crippen molar-refractivity contribution in [2.24, 2.45) is 0 Å². The Labute approximate surface area is 185 Å². The molecule has 1 aromatic heterocycles. The van der Waals surface area contributed by atoms with E-state index in [4.69, 9.17) is 0 Å². The highest BCUT2D eigenvalue weighted by atomic mass is 14.7. The standard InChI is InChI=1S/C28H21N.C2H6/c1-5-13-21(14-6-1)25-26(22-15-7-2-8-16-22)28(24-19-11-4-12-20-24)29-27(25)23-17-9-3-10-18-23;1-2/h1-20,29H;1-2H3. The Bertz CT molecular complexity index is 1110. The first-order valence-electron chi connectivity index (χ1n) is 10.9. The van der Waals surface area contributed by atoms with Crippen LogP contribution in [-0.4, -0.2) is 4.98 Å². The summed E-state index contributed by atoms with van der Waals surface area (Å²) in [5, 5.41) is 0. The molecule has 1 nitrogen and oxygen atoms in total. The molecule has 152 valence electrons. The predicted octanol–water partition coefficient (Wildman–Crippen LogP) is 8.71. The van der Waals surface area contributed by atoms with Crippen LogP contribution in [0.5, 0.6) is 0 Å². The molecule has 1 N–H and O–H groups in total. The topological polar surface area (TPSA) is 15.8 Å². The molecule has 31 heavy (non-hydrogen) atoms. The first kappa shape index (κ1) is 20.4. The van der Waals surface area contributed by atoms with Gasteiger partial charge in [0.05, 0.1) is 11.4 Å². The monoisotopic (exact) mass is 401 g/mol. The van der Waals surface area contributed by atoms with Crippen molar-refractivity contribution in [3.05, 3.63) is 121 Å². The van der Waals surface area contributed by atoms with Gasteiger partial charge in [0.25, 0.3) is 0 Å². The number of H-pyrrole nitrogens is 1. The van der Waals surface area contributed by atoms with Crippen LogP contribution < -0.4 is 0 Å². The summed E-state index contributed by atoms with van der Waals surface area (Å²) < 4.78 is 0. The lowest BCUT2D eigenvalue weighted by Crippen LogP contribution is -1.85. The Morgan fingerprint density at radius 3 is 0.903 bits per heavy atom. The molecule has 0 bridgehead atoms. The summed E-state index contributed by atoms with van der Waals surface area (Å²) in [6, 6.07) is 42.5. The fourth-order valence-corrected chi connectivity index (χ4v) is 3.93. The van der Waals surface area contributed by atoms with E-state index >= 15 is 0 Å². The average Bonchev–Trinajstić information content (AvgIpc) is 3.28. The minimum atomic E-state index is 1.15. The van der Waals surface area contributed by atoms with Crippen molar-refractivity contribution in [3.8, 4) is 44.8 Å². The second kappa shape index (κ2) is 9.77. The Balaban J connectivity index is 0.00000112. The Kier molecular flexibility index (Phi) is 6.44. The molecule has 1 heteroatoms.